The normalized spacial score (nSPS) is 14.2. The van der Waals surface area contributed by atoms with E-state index in [4.69, 9.17) is 5.73 Å². The van der Waals surface area contributed by atoms with E-state index >= 15 is 0 Å². The molecule has 0 bridgehead atoms. The second-order valence-corrected chi connectivity index (χ2v) is 6.45. The summed E-state index contributed by atoms with van der Waals surface area (Å²) in [6.45, 7) is 0.548. The van der Waals surface area contributed by atoms with Crippen LogP contribution in [0.1, 0.15) is 28.8 Å². The van der Waals surface area contributed by atoms with Crippen molar-refractivity contribution in [3.05, 3.63) is 41.7 Å². The van der Waals surface area contributed by atoms with E-state index in [1.54, 1.807) is 11.8 Å². The quantitative estimate of drug-likeness (QED) is 0.631. The van der Waals surface area contributed by atoms with Gasteiger partial charge in [0.2, 0.25) is 0 Å². The van der Waals surface area contributed by atoms with E-state index in [2.05, 4.69) is 20.5 Å². The van der Waals surface area contributed by atoms with Crippen molar-refractivity contribution in [2.45, 2.75) is 29.8 Å². The number of hydrogen-bond donors (Lipinski definition) is 3. The Morgan fingerprint density at radius 3 is 2.62 bits per heavy atom. The molecule has 1 aromatic carbocycles. The second-order valence-electron chi connectivity index (χ2n) is 5.49. The van der Waals surface area contributed by atoms with Crippen LogP contribution in [-0.4, -0.2) is 33.7 Å². The summed E-state index contributed by atoms with van der Waals surface area (Å²) in [4.78, 5) is 16.1. The van der Waals surface area contributed by atoms with Crippen LogP contribution in [0.3, 0.4) is 0 Å². The number of thioether (sulfide) groups is 1. The summed E-state index contributed by atoms with van der Waals surface area (Å²) >= 11 is 1.57. The zero-order chi connectivity index (χ0) is 15.4. The van der Waals surface area contributed by atoms with Crippen LogP contribution in [0.5, 0.6) is 0 Å². The van der Waals surface area contributed by atoms with E-state index < -0.39 is 0 Å². The Balaban J connectivity index is 0.00000144. The molecule has 3 rings (SSSR count). The fourth-order valence-corrected chi connectivity index (χ4v) is 2.91. The highest BCUT2D eigenvalue weighted by Crippen LogP contribution is 2.31. The van der Waals surface area contributed by atoms with E-state index in [1.807, 2.05) is 24.3 Å². The number of nitrogens with one attached hydrogen (secondary N) is 2. The highest BCUT2D eigenvalue weighted by Gasteiger charge is 2.28. The second kappa shape index (κ2) is 9.88. The Morgan fingerprint density at radius 2 is 2.04 bits per heavy atom. The number of H-pyrrole nitrogens is 1. The number of benzene rings is 1. The molecule has 1 saturated carbocycles. The van der Waals surface area contributed by atoms with Crippen LogP contribution in [0.25, 0.3) is 0 Å². The van der Waals surface area contributed by atoms with Crippen LogP contribution in [0, 0.1) is 5.92 Å². The first-order valence-corrected chi connectivity index (χ1v) is 8.32. The number of nitrogens with zero attached hydrogens (tertiary/aromatic N) is 2. The molecule has 0 saturated heterocycles. The van der Waals surface area contributed by atoms with Gasteiger partial charge in [0.25, 0.3) is 5.91 Å². The molecule has 6 nitrogen and oxygen atoms in total. The van der Waals surface area contributed by atoms with Crippen LogP contribution < -0.4 is 11.1 Å². The molecule has 1 atom stereocenters. The third-order valence-corrected chi connectivity index (χ3v) is 4.66. The predicted molar refractivity (Wildman–Crippen MR) is 99.9 cm³/mol. The molecule has 0 spiro atoms. The number of amides is 1. The molecule has 1 aliphatic carbocycles. The largest absolute Gasteiger partial charge is 0.350 e. The average Bonchev–Trinajstić information content (AvgIpc) is 3.27. The molecule has 1 unspecified atom stereocenters. The molecule has 0 aliphatic heterocycles. The van der Waals surface area contributed by atoms with Crippen molar-refractivity contribution in [1.82, 2.24) is 20.5 Å². The summed E-state index contributed by atoms with van der Waals surface area (Å²) in [5.41, 5.74) is 7.78. The summed E-state index contributed by atoms with van der Waals surface area (Å²) < 4.78 is 0. The number of aromatic nitrogens is 3. The lowest BCUT2D eigenvalue weighted by atomic mass is 10.1. The molecule has 4 N–H and O–H groups in total. The van der Waals surface area contributed by atoms with Gasteiger partial charge in [0.1, 0.15) is 6.33 Å². The fraction of sp³-hybridized carbons (Fsp3) is 0.400. The molecule has 132 valence electrons. The van der Waals surface area contributed by atoms with Gasteiger partial charge in [0.15, 0.2) is 5.16 Å². The van der Waals surface area contributed by atoms with Gasteiger partial charge >= 0.3 is 0 Å². The summed E-state index contributed by atoms with van der Waals surface area (Å²) in [6.07, 6.45) is 3.87. The Kier molecular flexibility index (Phi) is 8.55. The Bertz CT molecular complexity index is 619. The lowest BCUT2D eigenvalue weighted by molar-refractivity contribution is 0.0950. The number of nitrogens with two attached hydrogens (primary N) is 1. The lowest BCUT2D eigenvalue weighted by Crippen LogP contribution is -2.38. The van der Waals surface area contributed by atoms with Crippen molar-refractivity contribution in [3.63, 3.8) is 0 Å². The van der Waals surface area contributed by atoms with Crippen molar-refractivity contribution in [1.29, 1.82) is 0 Å². The van der Waals surface area contributed by atoms with Crippen molar-refractivity contribution in [2.24, 2.45) is 11.7 Å². The van der Waals surface area contributed by atoms with Gasteiger partial charge < -0.3 is 11.1 Å². The predicted octanol–water partition coefficient (Wildman–Crippen LogP) is 2.41. The van der Waals surface area contributed by atoms with Gasteiger partial charge in [-0.25, -0.2) is 4.98 Å². The smallest absolute Gasteiger partial charge is 0.251 e. The van der Waals surface area contributed by atoms with Crippen molar-refractivity contribution < 1.29 is 4.79 Å². The van der Waals surface area contributed by atoms with E-state index in [1.165, 1.54) is 19.2 Å². The summed E-state index contributed by atoms with van der Waals surface area (Å²) in [5.74, 6) is 1.31. The number of halogens is 2. The van der Waals surface area contributed by atoms with Gasteiger partial charge in [-0.05, 0) is 36.5 Å². The zero-order valence-corrected chi connectivity index (χ0v) is 15.4. The molecule has 0 radical (unpaired) electrons. The summed E-state index contributed by atoms with van der Waals surface area (Å²) in [6, 6.07) is 7.68. The van der Waals surface area contributed by atoms with Crippen LogP contribution in [0.15, 0.2) is 35.7 Å². The fourth-order valence-electron chi connectivity index (χ4n) is 2.17. The molecular weight excluding hydrogens is 369 g/mol. The van der Waals surface area contributed by atoms with Gasteiger partial charge in [-0.1, -0.05) is 23.9 Å². The Labute approximate surface area is 157 Å². The van der Waals surface area contributed by atoms with Crippen LogP contribution in [0.2, 0.25) is 0 Å². The first kappa shape index (κ1) is 20.8. The molecule has 9 heteroatoms. The number of carbonyl (C=O) groups is 1. The summed E-state index contributed by atoms with van der Waals surface area (Å²) in [5, 5.41) is 10.3. The monoisotopic (exact) mass is 389 g/mol. The van der Waals surface area contributed by atoms with E-state index in [9.17, 15) is 4.79 Å². The van der Waals surface area contributed by atoms with Gasteiger partial charge in [-0.15, -0.1) is 24.8 Å². The molecular formula is C15H21Cl2N5OS. The minimum Gasteiger partial charge on any atom is -0.350 e. The maximum atomic E-state index is 12.1. The lowest BCUT2D eigenvalue weighted by Gasteiger charge is -2.11. The standard InChI is InChI=1S/C15H19N5OS.2ClH/c16-13(11-5-6-11)7-17-14(21)12-3-1-10(2-4-12)8-22-15-18-9-19-20-15;;/h1-4,9,11,13H,5-8,16H2,(H,17,21)(H,18,19,20);2*1H. The van der Waals surface area contributed by atoms with Gasteiger partial charge in [-0.3, -0.25) is 9.89 Å². The van der Waals surface area contributed by atoms with E-state index in [0.29, 0.717) is 18.0 Å². The van der Waals surface area contributed by atoms with Gasteiger partial charge in [0, 0.05) is 23.9 Å². The van der Waals surface area contributed by atoms with Gasteiger partial charge in [-0.2, -0.15) is 5.10 Å². The average molecular weight is 390 g/mol. The Morgan fingerprint density at radius 1 is 1.33 bits per heavy atom. The summed E-state index contributed by atoms with van der Waals surface area (Å²) in [7, 11) is 0. The number of hydrogen-bond acceptors (Lipinski definition) is 5. The SMILES string of the molecule is Cl.Cl.NC(CNC(=O)c1ccc(CSc2ncn[nH]2)cc1)C1CC1. The van der Waals surface area contributed by atoms with Gasteiger partial charge in [0.05, 0.1) is 0 Å². The first-order chi connectivity index (χ1) is 10.7. The number of carbonyl (C=O) groups excluding carboxylic acids is 1. The van der Waals surface area contributed by atoms with Crippen molar-refractivity contribution in [3.8, 4) is 0 Å². The third kappa shape index (κ3) is 5.98. The maximum Gasteiger partial charge on any atom is 0.251 e. The van der Waals surface area contributed by atoms with Crippen LogP contribution >= 0.6 is 36.6 Å². The minimum atomic E-state index is -0.0643. The highest BCUT2D eigenvalue weighted by molar-refractivity contribution is 7.98. The molecule has 1 heterocycles. The van der Waals surface area contributed by atoms with Crippen molar-refractivity contribution in [2.75, 3.05) is 6.54 Å². The first-order valence-electron chi connectivity index (χ1n) is 7.33. The van der Waals surface area contributed by atoms with E-state index in [-0.39, 0.29) is 36.8 Å². The molecule has 1 aromatic heterocycles. The van der Waals surface area contributed by atoms with Crippen molar-refractivity contribution >= 4 is 42.5 Å². The minimum absolute atomic E-state index is 0. The Hall–Kier alpha value is -1.28. The number of rotatable bonds is 7. The zero-order valence-electron chi connectivity index (χ0n) is 13.0. The molecule has 1 amide bonds. The maximum absolute atomic E-state index is 12.1. The molecule has 1 fully saturated rings. The van der Waals surface area contributed by atoms with Crippen LogP contribution in [0.4, 0.5) is 0 Å². The third-order valence-electron chi connectivity index (χ3n) is 3.71. The highest BCUT2D eigenvalue weighted by atomic mass is 35.5. The van der Waals surface area contributed by atoms with Crippen LogP contribution in [-0.2, 0) is 5.75 Å². The molecule has 24 heavy (non-hydrogen) atoms. The number of aromatic amines is 1. The topological polar surface area (TPSA) is 96.7 Å². The molecule has 2 aromatic rings. The van der Waals surface area contributed by atoms with E-state index in [0.717, 1.165) is 16.5 Å². The molecule has 1 aliphatic rings.